The van der Waals surface area contributed by atoms with Crippen molar-refractivity contribution in [3.05, 3.63) is 40.4 Å². The Hall–Kier alpha value is -1.97. The van der Waals surface area contributed by atoms with E-state index in [0.29, 0.717) is 30.8 Å². The van der Waals surface area contributed by atoms with Gasteiger partial charge in [0.1, 0.15) is 0 Å². The third kappa shape index (κ3) is 3.89. The second-order valence-corrected chi connectivity index (χ2v) is 8.81. The van der Waals surface area contributed by atoms with Crippen molar-refractivity contribution in [2.45, 2.75) is 25.2 Å². The summed E-state index contributed by atoms with van der Waals surface area (Å²) >= 11 is 1.58. The molecule has 1 saturated heterocycles. The number of primary sulfonamides is 1. The molecule has 140 valence electrons. The molecule has 0 saturated carbocycles. The van der Waals surface area contributed by atoms with Gasteiger partial charge in [-0.3, -0.25) is 4.79 Å². The molecule has 1 aromatic heterocycles. The zero-order valence-corrected chi connectivity index (χ0v) is 16.4. The van der Waals surface area contributed by atoms with Gasteiger partial charge in [-0.05, 0) is 43.5 Å². The van der Waals surface area contributed by atoms with Crippen LogP contribution in [0, 0.1) is 13.8 Å². The lowest BCUT2D eigenvalue weighted by atomic mass is 10.1. The molecule has 1 aromatic carbocycles. The zero-order chi connectivity index (χ0) is 18.9. The van der Waals surface area contributed by atoms with Crippen molar-refractivity contribution in [1.82, 2.24) is 9.88 Å². The summed E-state index contributed by atoms with van der Waals surface area (Å²) in [4.78, 5) is 21.2. The van der Waals surface area contributed by atoms with Crippen molar-refractivity contribution in [3.63, 3.8) is 0 Å². The second kappa shape index (κ2) is 7.34. The first-order valence-corrected chi connectivity index (χ1v) is 10.8. The highest BCUT2D eigenvalue weighted by Crippen LogP contribution is 2.23. The minimum absolute atomic E-state index is 0.0140. The van der Waals surface area contributed by atoms with Gasteiger partial charge >= 0.3 is 0 Å². The van der Waals surface area contributed by atoms with Crippen LogP contribution in [0.4, 0.5) is 5.13 Å². The molecule has 0 atom stereocenters. The molecule has 26 heavy (non-hydrogen) atoms. The van der Waals surface area contributed by atoms with Crippen LogP contribution in [0.25, 0.3) is 0 Å². The molecule has 0 unspecified atom stereocenters. The normalized spacial score (nSPS) is 15.8. The predicted octanol–water partition coefficient (Wildman–Crippen LogP) is 1.76. The number of nitrogens with two attached hydrogens (primary N) is 1. The van der Waals surface area contributed by atoms with Gasteiger partial charge in [0.15, 0.2) is 5.13 Å². The molecule has 1 fully saturated rings. The molecule has 0 spiro atoms. The number of aryl methyl sites for hydroxylation is 1. The van der Waals surface area contributed by atoms with Gasteiger partial charge in [0.25, 0.3) is 5.91 Å². The Morgan fingerprint density at radius 1 is 1.19 bits per heavy atom. The largest absolute Gasteiger partial charge is 0.346 e. The van der Waals surface area contributed by atoms with E-state index < -0.39 is 10.0 Å². The summed E-state index contributed by atoms with van der Waals surface area (Å²) in [7, 11) is -3.87. The number of benzene rings is 1. The maximum absolute atomic E-state index is 12.9. The van der Waals surface area contributed by atoms with Gasteiger partial charge in [0.05, 0.1) is 4.90 Å². The maximum atomic E-state index is 12.9. The highest BCUT2D eigenvalue weighted by atomic mass is 32.2. The number of thiazole rings is 1. The van der Waals surface area contributed by atoms with Crippen LogP contribution in [0.15, 0.2) is 28.6 Å². The summed E-state index contributed by atoms with van der Waals surface area (Å²) in [6.45, 7) is 6.21. The Labute approximate surface area is 157 Å². The van der Waals surface area contributed by atoms with E-state index in [2.05, 4.69) is 9.88 Å². The predicted molar refractivity (Wildman–Crippen MR) is 102 cm³/mol. The Bertz CT molecular complexity index is 910. The van der Waals surface area contributed by atoms with E-state index in [1.54, 1.807) is 42.3 Å². The van der Waals surface area contributed by atoms with Crippen molar-refractivity contribution >= 4 is 32.4 Å². The first-order valence-electron chi connectivity index (χ1n) is 8.35. The Morgan fingerprint density at radius 2 is 1.96 bits per heavy atom. The summed E-state index contributed by atoms with van der Waals surface area (Å²) in [5.74, 6) is -0.168. The van der Waals surface area contributed by atoms with E-state index >= 15 is 0 Å². The topological polar surface area (TPSA) is 96.6 Å². The monoisotopic (exact) mass is 394 g/mol. The van der Waals surface area contributed by atoms with Gasteiger partial charge < -0.3 is 9.80 Å². The first kappa shape index (κ1) is 18.8. The molecule has 1 aliphatic rings. The minimum Gasteiger partial charge on any atom is -0.346 e. The van der Waals surface area contributed by atoms with E-state index in [1.807, 2.05) is 5.38 Å². The minimum atomic E-state index is -3.87. The number of carbonyl (C=O) groups excluding carboxylic acids is 1. The Morgan fingerprint density at radius 3 is 2.62 bits per heavy atom. The molecule has 1 amide bonds. The Kier molecular flexibility index (Phi) is 5.31. The molecular weight excluding hydrogens is 372 g/mol. The highest BCUT2D eigenvalue weighted by Gasteiger charge is 2.24. The van der Waals surface area contributed by atoms with E-state index in [1.165, 1.54) is 6.07 Å². The van der Waals surface area contributed by atoms with Gasteiger partial charge in [0.2, 0.25) is 10.0 Å². The average molecular weight is 395 g/mol. The zero-order valence-electron chi connectivity index (χ0n) is 14.8. The van der Waals surface area contributed by atoms with Crippen LogP contribution in [0.1, 0.15) is 27.9 Å². The quantitative estimate of drug-likeness (QED) is 0.856. The van der Waals surface area contributed by atoms with Crippen molar-refractivity contribution in [2.75, 3.05) is 31.1 Å². The van der Waals surface area contributed by atoms with Crippen LogP contribution in [0.5, 0.6) is 0 Å². The molecular formula is C17H22N4O3S2. The average Bonchev–Trinajstić information content (AvgIpc) is 3.00. The molecule has 0 aliphatic carbocycles. The van der Waals surface area contributed by atoms with E-state index in [9.17, 15) is 13.2 Å². The van der Waals surface area contributed by atoms with Gasteiger partial charge in [0, 0.05) is 43.3 Å². The van der Waals surface area contributed by atoms with Crippen LogP contribution in [-0.2, 0) is 10.0 Å². The lowest BCUT2D eigenvalue weighted by Crippen LogP contribution is -2.35. The molecule has 0 radical (unpaired) electrons. The third-order valence-electron chi connectivity index (χ3n) is 4.65. The van der Waals surface area contributed by atoms with Crippen molar-refractivity contribution < 1.29 is 13.2 Å². The first-order chi connectivity index (χ1) is 12.3. The third-order valence-corrected chi connectivity index (χ3v) is 6.52. The van der Waals surface area contributed by atoms with Gasteiger partial charge in [-0.25, -0.2) is 18.5 Å². The summed E-state index contributed by atoms with van der Waals surface area (Å²) in [6.07, 6.45) is 2.61. The summed E-state index contributed by atoms with van der Waals surface area (Å²) in [5, 5.41) is 8.20. The molecule has 1 aliphatic heterocycles. The number of amides is 1. The number of nitrogens with zero attached hydrogens (tertiary/aromatic N) is 3. The second-order valence-electron chi connectivity index (χ2n) is 6.41. The van der Waals surface area contributed by atoms with Gasteiger partial charge in [-0.15, -0.1) is 11.3 Å². The van der Waals surface area contributed by atoms with Crippen LogP contribution in [0.2, 0.25) is 0 Å². The van der Waals surface area contributed by atoms with Crippen LogP contribution < -0.4 is 10.0 Å². The number of anilines is 1. The number of aromatic nitrogens is 1. The molecule has 2 N–H and O–H groups in total. The lowest BCUT2D eigenvalue weighted by Gasteiger charge is -2.22. The number of hydrogen-bond acceptors (Lipinski definition) is 6. The SMILES string of the molecule is Cc1cc(C(=O)N2CCCN(c3nccs3)CC2)cc(S(N)(=O)=O)c1C. The van der Waals surface area contributed by atoms with E-state index in [0.717, 1.165) is 23.7 Å². The standard InChI is InChI=1S/C17H22N4O3S2/c1-12-10-14(11-15(13(12)2)26(18,23)24)16(22)20-5-3-6-21(8-7-20)17-19-4-9-25-17/h4,9-11H,3,5-8H2,1-2H3,(H2,18,23,24). The van der Waals surface area contributed by atoms with Gasteiger partial charge in [-0.1, -0.05) is 0 Å². The molecule has 2 heterocycles. The lowest BCUT2D eigenvalue weighted by molar-refractivity contribution is 0.0766. The van der Waals surface area contributed by atoms with Crippen LogP contribution in [-0.4, -0.2) is 50.4 Å². The smallest absolute Gasteiger partial charge is 0.253 e. The van der Waals surface area contributed by atoms with Gasteiger partial charge in [-0.2, -0.15) is 0 Å². The fourth-order valence-corrected chi connectivity index (χ4v) is 4.69. The summed E-state index contributed by atoms with van der Waals surface area (Å²) < 4.78 is 23.7. The molecule has 3 rings (SSSR count). The Balaban J connectivity index is 1.82. The van der Waals surface area contributed by atoms with Crippen LogP contribution >= 0.6 is 11.3 Å². The van der Waals surface area contributed by atoms with E-state index in [-0.39, 0.29) is 10.8 Å². The van der Waals surface area contributed by atoms with Crippen molar-refractivity contribution in [3.8, 4) is 0 Å². The molecule has 7 nitrogen and oxygen atoms in total. The summed E-state index contributed by atoms with van der Waals surface area (Å²) in [5.41, 5.74) is 1.67. The van der Waals surface area contributed by atoms with Crippen molar-refractivity contribution in [2.24, 2.45) is 5.14 Å². The number of hydrogen-bond donors (Lipinski definition) is 1. The number of sulfonamides is 1. The maximum Gasteiger partial charge on any atom is 0.253 e. The molecule has 0 bridgehead atoms. The fourth-order valence-electron chi connectivity index (χ4n) is 3.11. The van der Waals surface area contributed by atoms with Crippen molar-refractivity contribution in [1.29, 1.82) is 0 Å². The van der Waals surface area contributed by atoms with Crippen LogP contribution in [0.3, 0.4) is 0 Å². The highest BCUT2D eigenvalue weighted by molar-refractivity contribution is 7.89. The number of carbonyl (C=O) groups is 1. The molecule has 9 heteroatoms. The number of rotatable bonds is 3. The van der Waals surface area contributed by atoms with E-state index in [4.69, 9.17) is 5.14 Å². The summed E-state index contributed by atoms with van der Waals surface area (Å²) in [6, 6.07) is 3.12. The molecule has 2 aromatic rings. The fraction of sp³-hybridized carbons (Fsp3) is 0.412.